The number of benzene rings is 2. The van der Waals surface area contributed by atoms with Crippen LogP contribution in [0, 0.1) is 0 Å². The van der Waals surface area contributed by atoms with Crippen molar-refractivity contribution in [1.82, 2.24) is 5.32 Å². The number of nitrogen functional groups attached to an aromatic ring is 1. The van der Waals surface area contributed by atoms with Gasteiger partial charge in [0.25, 0.3) is 5.91 Å². The number of amides is 1. The molecule has 0 fully saturated rings. The maximum Gasteiger partial charge on any atom is 0.338 e. The summed E-state index contributed by atoms with van der Waals surface area (Å²) in [4.78, 5) is 24.1. The zero-order valence-electron chi connectivity index (χ0n) is 13.7. The Kier molecular flexibility index (Phi) is 4.74. The highest BCUT2D eigenvalue weighted by Crippen LogP contribution is 2.32. The van der Waals surface area contributed by atoms with Crippen LogP contribution in [0.1, 0.15) is 22.8 Å². The third kappa shape index (κ3) is 4.00. The van der Waals surface area contributed by atoms with Gasteiger partial charge in [0.15, 0.2) is 17.6 Å². The van der Waals surface area contributed by atoms with Crippen molar-refractivity contribution < 1.29 is 23.8 Å². The predicted octanol–water partition coefficient (Wildman–Crippen LogP) is 1.86. The molecule has 1 aliphatic heterocycles. The second kappa shape index (κ2) is 7.12. The van der Waals surface area contributed by atoms with E-state index in [0.29, 0.717) is 29.3 Å². The molecule has 2 aromatic carbocycles. The second-order valence-electron chi connectivity index (χ2n) is 5.57. The Morgan fingerprint density at radius 3 is 2.64 bits per heavy atom. The summed E-state index contributed by atoms with van der Waals surface area (Å²) in [5, 5.41) is 2.72. The lowest BCUT2D eigenvalue weighted by Crippen LogP contribution is -2.35. The van der Waals surface area contributed by atoms with Crippen LogP contribution in [0.25, 0.3) is 0 Å². The molecule has 1 heterocycles. The molecule has 0 spiro atoms. The maximum atomic E-state index is 12.1. The molecule has 0 unspecified atom stereocenters. The van der Waals surface area contributed by atoms with Crippen molar-refractivity contribution in [3.05, 3.63) is 53.6 Å². The van der Waals surface area contributed by atoms with E-state index in [4.69, 9.17) is 19.9 Å². The van der Waals surface area contributed by atoms with E-state index in [1.807, 2.05) is 6.07 Å². The molecule has 3 N–H and O–H groups in total. The number of hydrogen-bond donors (Lipinski definition) is 2. The highest BCUT2D eigenvalue weighted by molar-refractivity contribution is 5.92. The molecule has 1 aliphatic rings. The quantitative estimate of drug-likeness (QED) is 0.635. The van der Waals surface area contributed by atoms with Gasteiger partial charge in [0.2, 0.25) is 6.79 Å². The zero-order chi connectivity index (χ0) is 17.8. The molecular weight excluding hydrogens is 324 g/mol. The van der Waals surface area contributed by atoms with Crippen LogP contribution < -0.4 is 20.5 Å². The van der Waals surface area contributed by atoms with E-state index in [1.165, 1.54) is 6.92 Å². The molecule has 0 saturated carbocycles. The highest BCUT2D eigenvalue weighted by Gasteiger charge is 2.19. The average Bonchev–Trinajstić information content (AvgIpc) is 3.07. The first-order valence-electron chi connectivity index (χ1n) is 7.75. The SMILES string of the molecule is C[C@@H](OC(=O)c1ccc(N)cc1)C(=O)NCc1ccc2c(c1)OCO2. The fraction of sp³-hybridized carbons (Fsp3) is 0.222. The van der Waals surface area contributed by atoms with E-state index in [1.54, 1.807) is 36.4 Å². The normalized spacial score (nSPS) is 13.2. The van der Waals surface area contributed by atoms with E-state index in [2.05, 4.69) is 5.32 Å². The summed E-state index contributed by atoms with van der Waals surface area (Å²) < 4.78 is 15.7. The Labute approximate surface area is 144 Å². The third-order valence-corrected chi connectivity index (χ3v) is 3.70. The van der Waals surface area contributed by atoms with Crippen molar-refractivity contribution >= 4 is 17.6 Å². The summed E-state index contributed by atoms with van der Waals surface area (Å²) in [5.41, 5.74) is 7.31. The molecule has 2 aromatic rings. The Morgan fingerprint density at radius 2 is 1.88 bits per heavy atom. The summed E-state index contributed by atoms with van der Waals surface area (Å²) >= 11 is 0. The molecule has 7 heteroatoms. The third-order valence-electron chi connectivity index (χ3n) is 3.70. The van der Waals surface area contributed by atoms with Gasteiger partial charge in [-0.1, -0.05) is 6.07 Å². The van der Waals surface area contributed by atoms with Crippen LogP contribution in [0.3, 0.4) is 0 Å². The van der Waals surface area contributed by atoms with Gasteiger partial charge in [-0.2, -0.15) is 0 Å². The second-order valence-corrected chi connectivity index (χ2v) is 5.57. The van der Waals surface area contributed by atoms with Crippen LogP contribution in [0.2, 0.25) is 0 Å². The van der Waals surface area contributed by atoms with E-state index in [9.17, 15) is 9.59 Å². The Hall–Kier alpha value is -3.22. The van der Waals surface area contributed by atoms with Crippen LogP contribution in [-0.2, 0) is 16.1 Å². The number of carbonyl (C=O) groups excluding carboxylic acids is 2. The van der Waals surface area contributed by atoms with Gasteiger partial charge in [0.05, 0.1) is 5.56 Å². The highest BCUT2D eigenvalue weighted by atomic mass is 16.7. The molecule has 0 saturated heterocycles. The predicted molar refractivity (Wildman–Crippen MR) is 90.1 cm³/mol. The first-order valence-corrected chi connectivity index (χ1v) is 7.75. The number of anilines is 1. The van der Waals surface area contributed by atoms with Gasteiger partial charge in [-0.05, 0) is 48.9 Å². The van der Waals surface area contributed by atoms with Crippen LogP contribution >= 0.6 is 0 Å². The molecule has 1 atom stereocenters. The summed E-state index contributed by atoms with van der Waals surface area (Å²) in [6.45, 7) is 2.01. The summed E-state index contributed by atoms with van der Waals surface area (Å²) in [7, 11) is 0. The molecule has 0 radical (unpaired) electrons. The zero-order valence-corrected chi connectivity index (χ0v) is 13.7. The molecule has 25 heavy (non-hydrogen) atoms. The van der Waals surface area contributed by atoms with Gasteiger partial charge in [-0.3, -0.25) is 4.79 Å². The maximum absolute atomic E-state index is 12.1. The molecule has 0 aliphatic carbocycles. The summed E-state index contributed by atoms with van der Waals surface area (Å²) in [5.74, 6) is 0.364. The van der Waals surface area contributed by atoms with E-state index < -0.39 is 12.1 Å². The van der Waals surface area contributed by atoms with E-state index in [-0.39, 0.29) is 12.7 Å². The van der Waals surface area contributed by atoms with Gasteiger partial charge in [-0.25, -0.2) is 4.79 Å². The molecule has 1 amide bonds. The smallest absolute Gasteiger partial charge is 0.338 e. The van der Waals surface area contributed by atoms with Crippen molar-refractivity contribution in [3.63, 3.8) is 0 Å². The Morgan fingerprint density at radius 1 is 1.16 bits per heavy atom. The number of nitrogens with one attached hydrogen (secondary N) is 1. The lowest BCUT2D eigenvalue weighted by molar-refractivity contribution is -0.129. The molecule has 0 bridgehead atoms. The molecule has 0 aromatic heterocycles. The minimum absolute atomic E-state index is 0.198. The minimum atomic E-state index is -0.918. The fourth-order valence-corrected chi connectivity index (χ4v) is 2.29. The fourth-order valence-electron chi connectivity index (χ4n) is 2.29. The number of esters is 1. The number of carbonyl (C=O) groups is 2. The van der Waals surface area contributed by atoms with Crippen molar-refractivity contribution in [1.29, 1.82) is 0 Å². The number of ether oxygens (including phenoxy) is 3. The number of rotatable bonds is 5. The van der Waals surface area contributed by atoms with Crippen molar-refractivity contribution in [3.8, 4) is 11.5 Å². The van der Waals surface area contributed by atoms with Crippen molar-refractivity contribution in [2.75, 3.05) is 12.5 Å². The van der Waals surface area contributed by atoms with Gasteiger partial charge >= 0.3 is 5.97 Å². The summed E-state index contributed by atoms with van der Waals surface area (Å²) in [6.07, 6.45) is -0.918. The Balaban J connectivity index is 1.52. The van der Waals surface area contributed by atoms with Crippen LogP contribution in [0.5, 0.6) is 11.5 Å². The lowest BCUT2D eigenvalue weighted by atomic mass is 10.2. The molecule has 3 rings (SSSR count). The molecular formula is C18H18N2O5. The molecule has 7 nitrogen and oxygen atoms in total. The number of fused-ring (bicyclic) bond motifs is 1. The van der Waals surface area contributed by atoms with Gasteiger partial charge in [0, 0.05) is 12.2 Å². The van der Waals surface area contributed by atoms with Gasteiger partial charge in [-0.15, -0.1) is 0 Å². The average molecular weight is 342 g/mol. The van der Waals surface area contributed by atoms with Gasteiger partial charge < -0.3 is 25.3 Å². The van der Waals surface area contributed by atoms with Gasteiger partial charge in [0.1, 0.15) is 0 Å². The topological polar surface area (TPSA) is 99.9 Å². The number of hydrogen-bond acceptors (Lipinski definition) is 6. The standard InChI is InChI=1S/C18H18N2O5/c1-11(25-18(22)13-3-5-14(19)6-4-13)17(21)20-9-12-2-7-15-16(8-12)24-10-23-15/h2-8,11H,9-10,19H2,1H3,(H,20,21)/t11-/m1/s1. The van der Waals surface area contributed by atoms with E-state index >= 15 is 0 Å². The van der Waals surface area contributed by atoms with Crippen molar-refractivity contribution in [2.24, 2.45) is 0 Å². The first kappa shape index (κ1) is 16.6. The van der Waals surface area contributed by atoms with E-state index in [0.717, 1.165) is 5.56 Å². The van der Waals surface area contributed by atoms with Crippen LogP contribution in [0.15, 0.2) is 42.5 Å². The summed E-state index contributed by atoms with van der Waals surface area (Å²) in [6, 6.07) is 11.7. The number of nitrogens with two attached hydrogens (primary N) is 1. The minimum Gasteiger partial charge on any atom is -0.454 e. The largest absolute Gasteiger partial charge is 0.454 e. The monoisotopic (exact) mass is 342 g/mol. The molecule has 130 valence electrons. The lowest BCUT2D eigenvalue weighted by Gasteiger charge is -2.14. The first-order chi connectivity index (χ1) is 12.0. The van der Waals surface area contributed by atoms with Crippen LogP contribution in [-0.4, -0.2) is 24.8 Å². The van der Waals surface area contributed by atoms with Crippen LogP contribution in [0.4, 0.5) is 5.69 Å². The Bertz CT molecular complexity index is 789. The van der Waals surface area contributed by atoms with Crippen molar-refractivity contribution in [2.45, 2.75) is 19.6 Å².